The lowest BCUT2D eigenvalue weighted by atomic mass is 10.2. The number of rotatable bonds is 3. The molecule has 8 heteroatoms. The van der Waals surface area contributed by atoms with E-state index in [0.717, 1.165) is 16.9 Å². The van der Waals surface area contributed by atoms with E-state index in [0.29, 0.717) is 10.5 Å². The number of nitrogens with one attached hydrogen (secondary N) is 3. The minimum absolute atomic E-state index is 0.307. The van der Waals surface area contributed by atoms with Gasteiger partial charge in [-0.2, -0.15) is 0 Å². The number of anilines is 2. The van der Waals surface area contributed by atoms with Gasteiger partial charge in [-0.25, -0.2) is 4.79 Å². The van der Waals surface area contributed by atoms with E-state index < -0.39 is 0 Å². The lowest BCUT2D eigenvalue weighted by molar-refractivity contribution is -0.800. The number of aromatic amines is 1. The molecule has 2 aromatic carbocycles. The molecule has 0 unspecified atom stereocenters. The molecule has 3 N–H and O–H groups in total. The van der Waals surface area contributed by atoms with E-state index in [-0.39, 0.29) is 6.03 Å². The highest BCUT2D eigenvalue weighted by molar-refractivity contribution is 7.71. The molecule has 24 heavy (non-hydrogen) atoms. The van der Waals surface area contributed by atoms with Gasteiger partial charge >= 0.3 is 10.8 Å². The number of aryl methyl sites for hydroxylation is 2. The van der Waals surface area contributed by atoms with Crippen molar-refractivity contribution in [2.24, 2.45) is 7.05 Å². The van der Waals surface area contributed by atoms with Crippen molar-refractivity contribution < 1.29 is 9.59 Å². The summed E-state index contributed by atoms with van der Waals surface area (Å²) >= 11 is 5.21. The molecule has 122 valence electrons. The van der Waals surface area contributed by atoms with E-state index in [2.05, 4.69) is 20.9 Å². The predicted molar refractivity (Wildman–Crippen MR) is 93.7 cm³/mol. The third-order valence-corrected chi connectivity index (χ3v) is 3.66. The molecule has 0 saturated heterocycles. The standard InChI is InChI=1S/C16H16N6OS/c1-11-5-3-6-12(9-11)17-15(23)18-13-7-4-8-14(10-13)22-16(24)19-20-21(22)2/h3-10H,1-2H3,(H2,17,18,23)/p+1. The Morgan fingerprint density at radius 1 is 1.17 bits per heavy atom. The second-order valence-electron chi connectivity index (χ2n) is 5.32. The smallest absolute Gasteiger partial charge is 0.308 e. The highest BCUT2D eigenvalue weighted by Gasteiger charge is 2.11. The zero-order valence-corrected chi connectivity index (χ0v) is 14.1. The molecule has 2 amide bonds. The fraction of sp³-hybridized carbons (Fsp3) is 0.125. The van der Waals surface area contributed by atoms with Crippen LogP contribution in [0.25, 0.3) is 5.69 Å². The van der Waals surface area contributed by atoms with Gasteiger partial charge in [-0.3, -0.25) is 0 Å². The minimum atomic E-state index is -0.307. The Morgan fingerprint density at radius 3 is 2.46 bits per heavy atom. The lowest BCUT2D eigenvalue weighted by Crippen LogP contribution is -2.40. The summed E-state index contributed by atoms with van der Waals surface area (Å²) in [6, 6.07) is 14.7. The first kappa shape index (κ1) is 15.9. The van der Waals surface area contributed by atoms with E-state index >= 15 is 0 Å². The zero-order valence-electron chi connectivity index (χ0n) is 13.3. The second kappa shape index (κ2) is 6.63. The summed E-state index contributed by atoms with van der Waals surface area (Å²) in [5.74, 6) is 0. The zero-order chi connectivity index (χ0) is 17.1. The summed E-state index contributed by atoms with van der Waals surface area (Å²) in [6.07, 6.45) is 0. The van der Waals surface area contributed by atoms with E-state index in [1.54, 1.807) is 16.5 Å². The van der Waals surface area contributed by atoms with E-state index in [1.165, 1.54) is 0 Å². The quantitative estimate of drug-likeness (QED) is 0.506. The summed E-state index contributed by atoms with van der Waals surface area (Å²) in [4.78, 5) is 13.7. The number of urea groups is 1. The van der Waals surface area contributed by atoms with Crippen molar-refractivity contribution >= 4 is 29.6 Å². The molecule has 3 rings (SSSR count). The Hall–Kier alpha value is -3.00. The van der Waals surface area contributed by atoms with Gasteiger partial charge < -0.3 is 10.6 Å². The van der Waals surface area contributed by atoms with Gasteiger partial charge in [-0.05, 0) is 55.0 Å². The predicted octanol–water partition coefficient (Wildman–Crippen LogP) is 2.71. The highest BCUT2D eigenvalue weighted by atomic mass is 32.1. The number of nitrogens with zero attached hydrogens (tertiary/aromatic N) is 3. The van der Waals surface area contributed by atoms with Gasteiger partial charge in [0.15, 0.2) is 0 Å². The molecule has 0 aliphatic rings. The van der Waals surface area contributed by atoms with Crippen molar-refractivity contribution in [1.82, 2.24) is 15.0 Å². The molecular weight excluding hydrogens is 324 g/mol. The topological polar surface area (TPSA) is 78.6 Å². The van der Waals surface area contributed by atoms with E-state index in [9.17, 15) is 4.79 Å². The summed E-state index contributed by atoms with van der Waals surface area (Å²) in [5, 5.41) is 12.3. The third-order valence-electron chi connectivity index (χ3n) is 3.40. The number of aromatic nitrogens is 4. The number of H-pyrrole nitrogens is 1. The Kier molecular flexibility index (Phi) is 4.39. The van der Waals surface area contributed by atoms with Gasteiger partial charge in [0.25, 0.3) is 0 Å². The van der Waals surface area contributed by atoms with E-state index in [4.69, 9.17) is 12.2 Å². The van der Waals surface area contributed by atoms with Crippen LogP contribution in [0.3, 0.4) is 0 Å². The van der Waals surface area contributed by atoms with Crippen molar-refractivity contribution in [3.05, 3.63) is 58.9 Å². The van der Waals surface area contributed by atoms with Crippen LogP contribution in [0.5, 0.6) is 0 Å². The maximum atomic E-state index is 12.2. The van der Waals surface area contributed by atoms with Crippen molar-refractivity contribution in [3.8, 4) is 5.69 Å². The fourth-order valence-corrected chi connectivity index (χ4v) is 2.62. The van der Waals surface area contributed by atoms with Gasteiger partial charge in [0.2, 0.25) is 0 Å². The maximum absolute atomic E-state index is 12.2. The molecular formula is C16H17N6OS+. The van der Waals surface area contributed by atoms with Crippen molar-refractivity contribution in [2.45, 2.75) is 6.92 Å². The molecule has 3 aromatic rings. The van der Waals surface area contributed by atoms with Crippen LogP contribution < -0.4 is 15.4 Å². The molecule has 0 spiro atoms. The van der Waals surface area contributed by atoms with Crippen LogP contribution in [0.1, 0.15) is 5.56 Å². The average Bonchev–Trinajstić information content (AvgIpc) is 2.86. The first-order valence-corrected chi connectivity index (χ1v) is 7.73. The molecule has 0 atom stereocenters. The van der Waals surface area contributed by atoms with Crippen LogP contribution in [-0.4, -0.2) is 21.0 Å². The maximum Gasteiger partial charge on any atom is 0.326 e. The Bertz CT molecular complexity index is 945. The van der Waals surface area contributed by atoms with Crippen LogP contribution in [0, 0.1) is 11.7 Å². The van der Waals surface area contributed by atoms with E-state index in [1.807, 2.05) is 55.5 Å². The van der Waals surface area contributed by atoms with Crippen LogP contribution in [0.2, 0.25) is 0 Å². The molecule has 0 fully saturated rings. The summed E-state index contributed by atoms with van der Waals surface area (Å²) in [6.45, 7) is 1.97. The number of benzene rings is 2. The first-order valence-electron chi connectivity index (χ1n) is 7.32. The number of carbonyl (C=O) groups is 1. The molecule has 1 aromatic heterocycles. The number of carbonyl (C=O) groups excluding carboxylic acids is 1. The lowest BCUT2D eigenvalue weighted by Gasteiger charge is -2.09. The van der Waals surface area contributed by atoms with Crippen molar-refractivity contribution in [3.63, 3.8) is 0 Å². The van der Waals surface area contributed by atoms with Gasteiger partial charge in [0.05, 0.1) is 5.69 Å². The van der Waals surface area contributed by atoms with Crippen LogP contribution >= 0.6 is 12.2 Å². The van der Waals surface area contributed by atoms with Crippen molar-refractivity contribution in [1.29, 1.82) is 0 Å². The molecule has 7 nitrogen and oxygen atoms in total. The summed E-state index contributed by atoms with van der Waals surface area (Å²) in [5.41, 5.74) is 3.27. The first-order chi connectivity index (χ1) is 11.5. The van der Waals surface area contributed by atoms with Gasteiger partial charge in [-0.1, -0.05) is 23.0 Å². The monoisotopic (exact) mass is 341 g/mol. The molecule has 0 aliphatic carbocycles. The molecule has 1 heterocycles. The number of amides is 2. The highest BCUT2D eigenvalue weighted by Crippen LogP contribution is 2.15. The average molecular weight is 341 g/mol. The van der Waals surface area contributed by atoms with Crippen LogP contribution in [-0.2, 0) is 7.05 Å². The third kappa shape index (κ3) is 3.49. The van der Waals surface area contributed by atoms with Gasteiger partial charge in [0, 0.05) is 11.4 Å². The summed E-state index contributed by atoms with van der Waals surface area (Å²) in [7, 11) is 1.77. The Labute approximate surface area is 143 Å². The molecule has 0 radical (unpaired) electrons. The largest absolute Gasteiger partial charge is 0.326 e. The Balaban J connectivity index is 1.77. The molecule has 0 bridgehead atoms. The van der Waals surface area contributed by atoms with Crippen LogP contribution in [0.15, 0.2) is 48.5 Å². The summed E-state index contributed by atoms with van der Waals surface area (Å²) < 4.78 is 2.19. The van der Waals surface area contributed by atoms with Gasteiger partial charge in [-0.15, -0.1) is 9.78 Å². The number of hydrogen-bond acceptors (Lipinski definition) is 3. The SMILES string of the molecule is Cc1cccc(NC(=O)Nc2cccc(-n3c(=S)[nH]n[n+]3C)c2)c1. The van der Waals surface area contributed by atoms with Gasteiger partial charge in [0.1, 0.15) is 12.3 Å². The number of hydrogen-bond donors (Lipinski definition) is 3. The molecule has 0 aliphatic heterocycles. The fourth-order valence-electron chi connectivity index (χ4n) is 2.35. The second-order valence-corrected chi connectivity index (χ2v) is 5.70. The Morgan fingerprint density at radius 2 is 1.83 bits per heavy atom. The number of tetrazole rings is 1. The molecule has 0 saturated carbocycles. The van der Waals surface area contributed by atoms with Crippen molar-refractivity contribution in [2.75, 3.05) is 10.6 Å². The minimum Gasteiger partial charge on any atom is -0.308 e. The van der Waals surface area contributed by atoms with Crippen LogP contribution in [0.4, 0.5) is 16.2 Å². The normalized spacial score (nSPS) is 10.4.